The Morgan fingerprint density at radius 1 is 1.82 bits per heavy atom. The maximum absolute atomic E-state index is 10.8. The fourth-order valence-corrected chi connectivity index (χ4v) is 0.858. The maximum atomic E-state index is 10.8. The van der Waals surface area contributed by atoms with Crippen LogP contribution in [0, 0.1) is 0 Å². The average molecular weight is 155 g/mol. The monoisotopic (exact) mass is 155 g/mol. The van der Waals surface area contributed by atoms with Crippen LogP contribution >= 0.6 is 0 Å². The van der Waals surface area contributed by atoms with E-state index in [2.05, 4.69) is 16.6 Å². The zero-order valence-corrected chi connectivity index (χ0v) is 6.00. The first-order chi connectivity index (χ1) is 5.24. The normalized spacial score (nSPS) is 22.5. The van der Waals surface area contributed by atoms with Crippen LogP contribution in [0.25, 0.3) is 0 Å². The first-order valence-corrected chi connectivity index (χ1v) is 3.33. The van der Waals surface area contributed by atoms with Gasteiger partial charge in [-0.25, -0.2) is 4.79 Å². The number of nitrogens with one attached hydrogen (secondary N) is 1. The van der Waals surface area contributed by atoms with Crippen molar-refractivity contribution in [3.8, 4) is 0 Å². The van der Waals surface area contributed by atoms with E-state index in [1.165, 1.54) is 0 Å². The third-order valence-electron chi connectivity index (χ3n) is 1.44. The van der Waals surface area contributed by atoms with E-state index in [4.69, 9.17) is 0 Å². The number of esters is 1. The zero-order chi connectivity index (χ0) is 8.27. The second-order valence-corrected chi connectivity index (χ2v) is 2.22. The lowest BCUT2D eigenvalue weighted by Crippen LogP contribution is -2.36. The highest BCUT2D eigenvalue weighted by molar-refractivity contribution is 5.91. The summed E-state index contributed by atoms with van der Waals surface area (Å²) in [5, 5.41) is 2.45. The molecule has 0 bridgehead atoms. The summed E-state index contributed by atoms with van der Waals surface area (Å²) >= 11 is 0. The van der Waals surface area contributed by atoms with E-state index >= 15 is 0 Å². The van der Waals surface area contributed by atoms with Crippen LogP contribution in [0.5, 0.6) is 0 Å². The second-order valence-electron chi connectivity index (χ2n) is 2.22. The molecule has 0 saturated carbocycles. The Balaban J connectivity index is 2.42. The number of carbonyl (C=O) groups excluding carboxylic acids is 2. The van der Waals surface area contributed by atoms with Crippen LogP contribution < -0.4 is 5.32 Å². The first-order valence-electron chi connectivity index (χ1n) is 3.33. The van der Waals surface area contributed by atoms with Gasteiger partial charge in [-0.05, 0) is 6.08 Å². The van der Waals surface area contributed by atoms with E-state index in [9.17, 15) is 9.59 Å². The first kappa shape index (κ1) is 7.78. The summed E-state index contributed by atoms with van der Waals surface area (Å²) in [5.41, 5.74) is 0. The molecule has 0 aromatic rings. The van der Waals surface area contributed by atoms with Crippen LogP contribution in [0.15, 0.2) is 12.7 Å². The van der Waals surface area contributed by atoms with Gasteiger partial charge in [-0.1, -0.05) is 6.58 Å². The van der Waals surface area contributed by atoms with Gasteiger partial charge in [0, 0.05) is 6.42 Å². The van der Waals surface area contributed by atoms with Crippen molar-refractivity contribution in [3.05, 3.63) is 12.7 Å². The summed E-state index contributed by atoms with van der Waals surface area (Å²) in [6.07, 6.45) is 1.68. The van der Waals surface area contributed by atoms with Gasteiger partial charge in [-0.3, -0.25) is 4.79 Å². The van der Waals surface area contributed by atoms with Gasteiger partial charge < -0.3 is 10.1 Å². The molecule has 1 saturated heterocycles. The Morgan fingerprint density at radius 3 is 3.00 bits per heavy atom. The van der Waals surface area contributed by atoms with Gasteiger partial charge in [-0.2, -0.15) is 0 Å². The number of amides is 1. The van der Waals surface area contributed by atoms with Gasteiger partial charge in [0.05, 0.1) is 6.61 Å². The predicted octanol–water partition coefficient (Wildman–Crippen LogP) is -0.396. The molecule has 0 radical (unpaired) electrons. The molecule has 0 aliphatic carbocycles. The minimum Gasteiger partial charge on any atom is -0.464 e. The van der Waals surface area contributed by atoms with Crippen molar-refractivity contribution in [2.75, 3.05) is 6.61 Å². The van der Waals surface area contributed by atoms with Gasteiger partial charge in [0.2, 0.25) is 5.91 Å². The van der Waals surface area contributed by atoms with Gasteiger partial charge in [0.25, 0.3) is 0 Å². The summed E-state index contributed by atoms with van der Waals surface area (Å²) in [7, 11) is 0. The highest BCUT2D eigenvalue weighted by Crippen LogP contribution is 2.04. The lowest BCUT2D eigenvalue weighted by Gasteiger charge is -2.04. The van der Waals surface area contributed by atoms with Crippen molar-refractivity contribution in [1.29, 1.82) is 0 Å². The van der Waals surface area contributed by atoms with E-state index in [1.807, 2.05) is 0 Å². The van der Waals surface area contributed by atoms with Crippen LogP contribution in [0.3, 0.4) is 0 Å². The molecule has 1 heterocycles. The minimum absolute atomic E-state index is 0.339. The standard InChI is InChI=1S/C7H9NO3/c1-2-6(9)8-5-3-4-11-7(5)10/h2,5H,1,3-4H2,(H,8,9). The van der Waals surface area contributed by atoms with Crippen LogP contribution in [-0.2, 0) is 14.3 Å². The SMILES string of the molecule is C=CC(=O)NC1CCOC1=O. The summed E-state index contributed by atoms with van der Waals surface area (Å²) in [4.78, 5) is 21.4. The van der Waals surface area contributed by atoms with E-state index in [0.717, 1.165) is 6.08 Å². The van der Waals surface area contributed by atoms with Crippen molar-refractivity contribution in [3.63, 3.8) is 0 Å². The molecule has 11 heavy (non-hydrogen) atoms. The highest BCUT2D eigenvalue weighted by Gasteiger charge is 2.26. The molecule has 1 rings (SSSR count). The van der Waals surface area contributed by atoms with Gasteiger partial charge >= 0.3 is 5.97 Å². The van der Waals surface area contributed by atoms with E-state index in [1.54, 1.807) is 0 Å². The number of cyclic esters (lactones) is 1. The van der Waals surface area contributed by atoms with Crippen molar-refractivity contribution in [2.24, 2.45) is 0 Å². The number of hydrogen-bond donors (Lipinski definition) is 1. The van der Waals surface area contributed by atoms with E-state index < -0.39 is 6.04 Å². The van der Waals surface area contributed by atoms with E-state index in [0.29, 0.717) is 13.0 Å². The van der Waals surface area contributed by atoms with Gasteiger partial charge in [-0.15, -0.1) is 0 Å². The Morgan fingerprint density at radius 2 is 2.55 bits per heavy atom. The summed E-state index contributed by atoms with van der Waals surface area (Å²) in [6, 6.07) is -0.472. The molecular weight excluding hydrogens is 146 g/mol. The van der Waals surface area contributed by atoms with Crippen LogP contribution in [0.1, 0.15) is 6.42 Å². The lowest BCUT2D eigenvalue weighted by molar-refractivity contribution is -0.140. The Labute approximate surface area is 64.2 Å². The van der Waals surface area contributed by atoms with Gasteiger partial charge in [0.1, 0.15) is 6.04 Å². The van der Waals surface area contributed by atoms with Crippen molar-refractivity contribution in [2.45, 2.75) is 12.5 Å². The van der Waals surface area contributed by atoms with Gasteiger partial charge in [0.15, 0.2) is 0 Å². The van der Waals surface area contributed by atoms with Crippen LogP contribution in [0.4, 0.5) is 0 Å². The molecule has 0 aromatic carbocycles. The summed E-state index contributed by atoms with van der Waals surface area (Å²) in [5.74, 6) is -0.700. The molecule has 1 aliphatic heterocycles. The third-order valence-corrected chi connectivity index (χ3v) is 1.44. The Hall–Kier alpha value is -1.32. The Kier molecular flexibility index (Phi) is 2.25. The predicted molar refractivity (Wildman–Crippen MR) is 37.7 cm³/mol. The largest absolute Gasteiger partial charge is 0.464 e. The van der Waals surface area contributed by atoms with Crippen molar-refractivity contribution < 1.29 is 14.3 Å². The smallest absolute Gasteiger partial charge is 0.328 e. The van der Waals surface area contributed by atoms with Crippen LogP contribution in [-0.4, -0.2) is 24.5 Å². The molecule has 4 nitrogen and oxygen atoms in total. The fourth-order valence-electron chi connectivity index (χ4n) is 0.858. The molecule has 1 aliphatic rings. The molecule has 1 N–H and O–H groups in total. The Bertz CT molecular complexity index is 200. The highest BCUT2D eigenvalue weighted by atomic mass is 16.5. The molecular formula is C7H9NO3. The van der Waals surface area contributed by atoms with Crippen molar-refractivity contribution >= 4 is 11.9 Å². The maximum Gasteiger partial charge on any atom is 0.328 e. The van der Waals surface area contributed by atoms with Crippen LogP contribution in [0.2, 0.25) is 0 Å². The number of carbonyl (C=O) groups is 2. The molecule has 60 valence electrons. The molecule has 4 heteroatoms. The summed E-state index contributed by atoms with van der Waals surface area (Å²) < 4.78 is 4.62. The molecule has 0 spiro atoms. The van der Waals surface area contributed by atoms with E-state index in [-0.39, 0.29) is 11.9 Å². The minimum atomic E-state index is -0.472. The molecule has 1 unspecified atom stereocenters. The molecule has 1 fully saturated rings. The number of ether oxygens (including phenoxy) is 1. The topological polar surface area (TPSA) is 55.4 Å². The number of rotatable bonds is 2. The second kappa shape index (κ2) is 3.18. The van der Waals surface area contributed by atoms with Crippen molar-refractivity contribution in [1.82, 2.24) is 5.32 Å². The molecule has 0 aromatic heterocycles. The quantitative estimate of drug-likeness (QED) is 0.436. The molecule has 1 atom stereocenters. The fraction of sp³-hybridized carbons (Fsp3) is 0.429. The average Bonchev–Trinajstić information content (AvgIpc) is 2.37. The lowest BCUT2D eigenvalue weighted by atomic mass is 10.2. The third kappa shape index (κ3) is 1.80. The molecule has 1 amide bonds. The zero-order valence-electron chi connectivity index (χ0n) is 6.00. The summed E-state index contributed by atoms with van der Waals surface area (Å²) in [6.45, 7) is 3.65. The number of hydrogen-bond acceptors (Lipinski definition) is 3.